The Morgan fingerprint density at radius 1 is 0.510 bits per heavy atom. The first-order chi connectivity index (χ1) is 47.5. The molecule has 11 aliphatic rings. The third-order valence-corrected chi connectivity index (χ3v) is 27.1. The van der Waals surface area contributed by atoms with Crippen LogP contribution in [0, 0.1) is 94.8 Å². The first-order valence-electron chi connectivity index (χ1n) is 36.4. The van der Waals surface area contributed by atoms with Crippen molar-refractivity contribution in [2.24, 2.45) is 63.2 Å². The SMILES string of the molecule is Cc1ccc(C2(c3ccc(C)cc3)C3=C(CC4=C3CC(C3C5=NCN=C5C(CC5C(=O)c6ccccc6C5=O)C(C)C3C)=C4)c3cc4c(cc32)C2CC3CC(c5c(C)c(C)c(CC6C(=O)c7ccccc7C6=O)c6c5=CCC=6)CC3C2C4(c2ccc(C)cc2)c2ccc(C)cc2)cc1. The Morgan fingerprint density at radius 2 is 1.05 bits per heavy atom. The van der Waals surface area contributed by atoms with Gasteiger partial charge in [-0.2, -0.15) is 0 Å². The van der Waals surface area contributed by atoms with Gasteiger partial charge in [0.2, 0.25) is 0 Å². The Labute approximate surface area is 575 Å². The number of ketones is 4. The fraction of sp³-hybridized carbons (Fsp3) is 0.326. The Morgan fingerprint density at radius 3 is 1.63 bits per heavy atom. The molecule has 9 unspecified atom stereocenters. The lowest BCUT2D eigenvalue weighted by atomic mass is 9.60. The van der Waals surface area contributed by atoms with Crippen LogP contribution in [0.5, 0.6) is 0 Å². The molecule has 0 amide bonds. The van der Waals surface area contributed by atoms with Gasteiger partial charge in [-0.25, -0.2) is 0 Å². The zero-order valence-corrected chi connectivity index (χ0v) is 57.5. The highest BCUT2D eigenvalue weighted by molar-refractivity contribution is 6.46. The molecule has 3 fully saturated rings. The lowest BCUT2D eigenvalue weighted by molar-refractivity contribution is 0.0803. The summed E-state index contributed by atoms with van der Waals surface area (Å²) < 4.78 is 0. The molecule has 9 atom stereocenters. The molecule has 3 saturated carbocycles. The molecule has 98 heavy (non-hydrogen) atoms. The molecule has 10 aliphatic carbocycles. The van der Waals surface area contributed by atoms with Crippen LogP contribution in [-0.4, -0.2) is 41.2 Å². The van der Waals surface area contributed by atoms with Crippen LogP contribution in [0.4, 0.5) is 0 Å². The van der Waals surface area contributed by atoms with Gasteiger partial charge in [0.25, 0.3) is 0 Å². The maximum Gasteiger partial charge on any atom is 0.174 e. The number of aryl methyl sites for hydroxylation is 4. The predicted octanol–water partition coefficient (Wildman–Crippen LogP) is 17.6. The molecular weight excluding hydrogens is 1200 g/mol. The molecule has 8 aromatic carbocycles. The van der Waals surface area contributed by atoms with Crippen LogP contribution in [0.25, 0.3) is 17.7 Å². The van der Waals surface area contributed by atoms with Gasteiger partial charge in [0.05, 0.1) is 28.7 Å². The standard InChI is InChI=1S/C92H82N2O4/c1-47-20-28-59(29-21-47)91(60-30-22-48(2)23-31-60)79-45-74-76-39-56-37-58(82-54(8)52(6)70(85-86(82)94-46-93-85)43-78-89(97)67-16-11-12-17-68(67)90(78)98)41-72(56)84(76)92(61-32-24-49(3)25-33-61,62-34-26-50(4)27-35-62)80(74)44-73(79)75-38-55-36-57(40-71(55)83(75)91)81-53(7)51(5)69(63-18-13-19-64(63)81)42-77-87(95)65-14-9-10-15-66(65)88(77)96/h9-12,14-35,37,44-45,52,54-55,57,70-71,75,77-78,82-83H,13,36,38-43,46H2,1-8H3. The van der Waals surface area contributed by atoms with Gasteiger partial charge in [-0.15, -0.1) is 0 Å². The number of benzene rings is 8. The third-order valence-electron chi connectivity index (χ3n) is 27.1. The summed E-state index contributed by atoms with van der Waals surface area (Å²) in [6.45, 7) is 18.6. The van der Waals surface area contributed by atoms with Gasteiger partial charge < -0.3 is 0 Å². The zero-order chi connectivity index (χ0) is 66.7. The van der Waals surface area contributed by atoms with Crippen molar-refractivity contribution in [3.63, 3.8) is 0 Å². The first kappa shape index (κ1) is 60.0. The molecule has 8 aromatic rings. The number of Topliss-reactive ketones (excluding diaryl/α,β-unsaturated/α-hetero) is 4. The second-order valence-corrected chi connectivity index (χ2v) is 31.6. The van der Waals surface area contributed by atoms with Crippen LogP contribution in [0.2, 0.25) is 0 Å². The molecule has 1 heterocycles. The third kappa shape index (κ3) is 8.09. The number of nitrogens with zero attached hydrogens (tertiary/aromatic N) is 2. The van der Waals surface area contributed by atoms with Crippen molar-refractivity contribution in [1.29, 1.82) is 0 Å². The highest BCUT2D eigenvalue weighted by Crippen LogP contribution is 2.73. The summed E-state index contributed by atoms with van der Waals surface area (Å²) in [6, 6.07) is 59.0. The van der Waals surface area contributed by atoms with Gasteiger partial charge in [-0.1, -0.05) is 212 Å². The largest absolute Gasteiger partial charge is 0.293 e. The van der Waals surface area contributed by atoms with Gasteiger partial charge in [0.15, 0.2) is 23.1 Å². The van der Waals surface area contributed by atoms with Gasteiger partial charge in [0, 0.05) is 39.5 Å². The van der Waals surface area contributed by atoms with Crippen LogP contribution in [-0.2, 0) is 17.3 Å². The maximum absolute atomic E-state index is 14.0. The van der Waals surface area contributed by atoms with Crippen LogP contribution in [0.1, 0.15) is 201 Å². The predicted molar refractivity (Wildman–Crippen MR) is 391 cm³/mol. The lowest BCUT2D eigenvalue weighted by Gasteiger charge is -2.42. The van der Waals surface area contributed by atoms with E-state index in [0.29, 0.717) is 71.4 Å². The summed E-state index contributed by atoms with van der Waals surface area (Å²) in [6.07, 6.45) is 14.2. The van der Waals surface area contributed by atoms with Crippen molar-refractivity contribution in [3.05, 3.63) is 308 Å². The van der Waals surface area contributed by atoms with Gasteiger partial charge >= 0.3 is 0 Å². The van der Waals surface area contributed by atoms with E-state index in [9.17, 15) is 19.2 Å². The number of carbonyl (C=O) groups excluding carboxylic acids is 4. The molecule has 0 radical (unpaired) electrons. The fourth-order valence-electron chi connectivity index (χ4n) is 22.5. The molecule has 484 valence electrons. The van der Waals surface area contributed by atoms with Gasteiger partial charge in [-0.05, 0) is 240 Å². The smallest absolute Gasteiger partial charge is 0.174 e. The molecule has 19 rings (SSSR count). The van der Waals surface area contributed by atoms with E-state index < -0.39 is 22.7 Å². The van der Waals surface area contributed by atoms with Crippen LogP contribution >= 0.6 is 0 Å². The first-order valence-corrected chi connectivity index (χ1v) is 36.4. The Bertz CT molecular complexity index is 5080. The minimum absolute atomic E-state index is 0.0371. The Balaban J connectivity index is 0.739. The van der Waals surface area contributed by atoms with Gasteiger partial charge in [-0.3, -0.25) is 29.2 Å². The van der Waals surface area contributed by atoms with E-state index in [1.165, 1.54) is 127 Å². The molecule has 0 bridgehead atoms. The molecule has 0 saturated heterocycles. The van der Waals surface area contributed by atoms with Gasteiger partial charge in [0.1, 0.15) is 6.67 Å². The number of hydrogen-bond acceptors (Lipinski definition) is 6. The number of fused-ring (bicyclic) bond motifs is 12. The summed E-state index contributed by atoms with van der Waals surface area (Å²) in [4.78, 5) is 66.5. The highest BCUT2D eigenvalue weighted by Gasteiger charge is 2.65. The minimum atomic E-state index is -0.693. The minimum Gasteiger partial charge on any atom is -0.293 e. The molecule has 6 nitrogen and oxygen atoms in total. The average Bonchev–Trinajstić information content (AvgIpc) is 1.49. The lowest BCUT2D eigenvalue weighted by Crippen LogP contribution is -2.46. The summed E-state index contributed by atoms with van der Waals surface area (Å²) in [5.74, 6) is 0.785. The molecular formula is C92H82N2O4. The second-order valence-electron chi connectivity index (χ2n) is 31.6. The topological polar surface area (TPSA) is 93.0 Å². The van der Waals surface area contributed by atoms with E-state index >= 15 is 0 Å². The maximum atomic E-state index is 14.0. The summed E-state index contributed by atoms with van der Waals surface area (Å²) in [7, 11) is 0. The van der Waals surface area contributed by atoms with E-state index in [0.717, 1.165) is 49.9 Å². The van der Waals surface area contributed by atoms with Crippen molar-refractivity contribution in [1.82, 2.24) is 0 Å². The molecule has 0 N–H and O–H groups in total. The van der Waals surface area contributed by atoms with E-state index in [2.05, 4.69) is 183 Å². The van der Waals surface area contributed by atoms with E-state index in [-0.39, 0.29) is 46.8 Å². The zero-order valence-electron chi connectivity index (χ0n) is 57.5. The van der Waals surface area contributed by atoms with Crippen molar-refractivity contribution >= 4 is 52.3 Å². The summed E-state index contributed by atoms with van der Waals surface area (Å²) >= 11 is 0. The number of hydrogen-bond donors (Lipinski definition) is 0. The number of aliphatic imine (C=N–C) groups is 2. The van der Waals surface area contributed by atoms with Crippen LogP contribution in [0.3, 0.4) is 0 Å². The molecule has 6 heteroatoms. The summed E-state index contributed by atoms with van der Waals surface area (Å²) in [5, 5.41) is 2.60. The summed E-state index contributed by atoms with van der Waals surface area (Å²) in [5.41, 5.74) is 32.0. The van der Waals surface area contributed by atoms with Crippen molar-refractivity contribution in [3.8, 4) is 0 Å². The van der Waals surface area contributed by atoms with E-state index in [1.807, 2.05) is 48.5 Å². The molecule has 1 aliphatic heterocycles. The quantitative estimate of drug-likeness (QED) is 0.128. The Kier molecular flexibility index (Phi) is 13.2. The number of carbonyl (C=O) groups is 4. The van der Waals surface area contributed by atoms with Crippen molar-refractivity contribution in [2.75, 3.05) is 6.67 Å². The monoisotopic (exact) mass is 1280 g/mol. The number of allylic oxidation sites excluding steroid dienone is 6. The fourth-order valence-corrected chi connectivity index (χ4v) is 22.5. The highest BCUT2D eigenvalue weighted by atomic mass is 16.2. The average molecular weight is 1280 g/mol. The van der Waals surface area contributed by atoms with E-state index in [4.69, 9.17) is 9.98 Å². The van der Waals surface area contributed by atoms with E-state index in [1.54, 1.807) is 0 Å². The van der Waals surface area contributed by atoms with Crippen LogP contribution in [0.15, 0.2) is 196 Å². The van der Waals surface area contributed by atoms with Crippen LogP contribution < -0.4 is 10.4 Å². The normalized spacial score (nSPS) is 26.3. The molecule has 0 spiro atoms. The van der Waals surface area contributed by atoms with Crippen molar-refractivity contribution < 1.29 is 19.2 Å². The Hall–Kier alpha value is -9.26. The number of rotatable bonds is 10. The van der Waals surface area contributed by atoms with Crippen molar-refractivity contribution in [2.45, 2.75) is 129 Å². The molecule has 0 aromatic heterocycles. The second kappa shape index (κ2) is 21.6.